The summed E-state index contributed by atoms with van der Waals surface area (Å²) < 4.78 is 4.63. The van der Waals surface area contributed by atoms with Crippen LogP contribution in [0.15, 0.2) is 16.7 Å². The van der Waals surface area contributed by atoms with Crippen LogP contribution in [-0.2, 0) is 0 Å². The number of non-ortho nitro benzene ring substituents is 2. The average Bonchev–Trinajstić information content (AvgIpc) is 2.59. The van der Waals surface area contributed by atoms with Crippen molar-refractivity contribution in [1.29, 1.82) is 0 Å². The van der Waals surface area contributed by atoms with Crippen LogP contribution in [0.25, 0.3) is 11.0 Å². The van der Waals surface area contributed by atoms with Crippen molar-refractivity contribution in [3.63, 3.8) is 0 Å². The van der Waals surface area contributed by atoms with Gasteiger partial charge in [0.05, 0.1) is 21.3 Å². The number of hydrogen-bond acceptors (Lipinski definition) is 6. The van der Waals surface area contributed by atoms with Gasteiger partial charge in [-0.15, -0.1) is 0 Å². The first-order valence-corrected chi connectivity index (χ1v) is 4.26. The van der Waals surface area contributed by atoms with E-state index >= 15 is 0 Å². The van der Waals surface area contributed by atoms with Crippen LogP contribution in [0, 0.1) is 20.2 Å². The van der Waals surface area contributed by atoms with Crippen molar-refractivity contribution in [1.82, 2.24) is 5.16 Å². The summed E-state index contributed by atoms with van der Waals surface area (Å²) in [6, 6.07) is 1.87. The fourth-order valence-corrected chi connectivity index (χ4v) is 1.40. The van der Waals surface area contributed by atoms with Crippen LogP contribution in [-0.4, -0.2) is 15.0 Å². The zero-order chi connectivity index (χ0) is 11.9. The summed E-state index contributed by atoms with van der Waals surface area (Å²) in [7, 11) is 0. The van der Waals surface area contributed by atoms with Crippen LogP contribution in [0.2, 0.25) is 5.15 Å². The van der Waals surface area contributed by atoms with Crippen molar-refractivity contribution in [2.75, 3.05) is 0 Å². The molecule has 0 fully saturated rings. The maximum absolute atomic E-state index is 10.7. The lowest BCUT2D eigenvalue weighted by atomic mass is 10.2. The number of fused-ring (bicyclic) bond motifs is 1. The predicted octanol–water partition coefficient (Wildman–Crippen LogP) is 2.30. The molecule has 9 heteroatoms. The fourth-order valence-electron chi connectivity index (χ4n) is 1.22. The number of nitro benzene ring substituents is 2. The van der Waals surface area contributed by atoms with Crippen molar-refractivity contribution in [2.45, 2.75) is 0 Å². The maximum Gasteiger partial charge on any atom is 0.321 e. The molecule has 0 bridgehead atoms. The lowest BCUT2D eigenvalue weighted by Gasteiger charge is -1.93. The van der Waals surface area contributed by atoms with Gasteiger partial charge < -0.3 is 4.52 Å². The summed E-state index contributed by atoms with van der Waals surface area (Å²) in [6.45, 7) is 0. The molecule has 0 aliphatic heterocycles. The lowest BCUT2D eigenvalue weighted by molar-refractivity contribution is -0.393. The summed E-state index contributed by atoms with van der Waals surface area (Å²) >= 11 is 5.58. The van der Waals surface area contributed by atoms with Crippen molar-refractivity contribution in [3.05, 3.63) is 37.5 Å². The predicted molar refractivity (Wildman–Crippen MR) is 52.3 cm³/mol. The van der Waals surface area contributed by atoms with E-state index in [4.69, 9.17) is 11.6 Å². The smallest absolute Gasteiger partial charge is 0.321 e. The molecule has 16 heavy (non-hydrogen) atoms. The first kappa shape index (κ1) is 10.3. The monoisotopic (exact) mass is 243 g/mol. The van der Waals surface area contributed by atoms with Gasteiger partial charge in [-0.2, -0.15) is 0 Å². The standard InChI is InChI=1S/C7H2ClN3O5/c8-7-4-1-3(10(12)13)2-5(11(14)15)6(4)16-9-7/h1-2H. The van der Waals surface area contributed by atoms with E-state index in [0.29, 0.717) is 0 Å². The second-order valence-electron chi connectivity index (χ2n) is 2.83. The van der Waals surface area contributed by atoms with Gasteiger partial charge in [0, 0.05) is 6.07 Å². The Hall–Kier alpha value is -2.22. The van der Waals surface area contributed by atoms with E-state index in [0.717, 1.165) is 12.1 Å². The Balaban J connectivity index is 2.86. The lowest BCUT2D eigenvalue weighted by Crippen LogP contribution is -1.92. The first-order valence-electron chi connectivity index (χ1n) is 3.88. The van der Waals surface area contributed by atoms with E-state index in [9.17, 15) is 20.2 Å². The molecule has 0 amide bonds. The largest absolute Gasteiger partial charge is 0.347 e. The molecule has 2 aromatic rings. The third-order valence-corrected chi connectivity index (χ3v) is 2.17. The van der Waals surface area contributed by atoms with Gasteiger partial charge in [0.1, 0.15) is 0 Å². The molecule has 0 aliphatic rings. The molecule has 1 aromatic heterocycles. The number of hydrogen-bond donors (Lipinski definition) is 0. The zero-order valence-electron chi connectivity index (χ0n) is 7.42. The fraction of sp³-hybridized carbons (Fsp3) is 0. The van der Waals surface area contributed by atoms with Crippen molar-refractivity contribution < 1.29 is 14.4 Å². The highest BCUT2D eigenvalue weighted by atomic mass is 35.5. The van der Waals surface area contributed by atoms with E-state index in [2.05, 4.69) is 9.68 Å². The second kappa shape index (κ2) is 3.42. The Morgan fingerprint density at radius 2 is 1.94 bits per heavy atom. The molecule has 1 heterocycles. The number of nitro groups is 2. The molecule has 0 saturated heterocycles. The average molecular weight is 244 g/mol. The first-order chi connectivity index (χ1) is 7.50. The van der Waals surface area contributed by atoms with Gasteiger partial charge in [-0.1, -0.05) is 16.8 Å². The van der Waals surface area contributed by atoms with E-state index in [1.807, 2.05) is 0 Å². The molecule has 0 atom stereocenters. The van der Waals surface area contributed by atoms with Gasteiger partial charge in [0.15, 0.2) is 5.15 Å². The van der Waals surface area contributed by atoms with Crippen molar-refractivity contribution in [3.8, 4) is 0 Å². The number of rotatable bonds is 2. The molecule has 0 unspecified atom stereocenters. The van der Waals surface area contributed by atoms with Crippen molar-refractivity contribution >= 4 is 33.9 Å². The summed E-state index contributed by atoms with van der Waals surface area (Å²) in [4.78, 5) is 19.6. The minimum Gasteiger partial charge on any atom is -0.347 e. The van der Waals surface area contributed by atoms with Gasteiger partial charge in [-0.25, -0.2) is 0 Å². The molecule has 2 rings (SSSR count). The summed E-state index contributed by atoms with van der Waals surface area (Å²) in [5, 5.41) is 24.4. The molecular formula is C7H2ClN3O5. The maximum atomic E-state index is 10.7. The molecule has 8 nitrogen and oxygen atoms in total. The van der Waals surface area contributed by atoms with E-state index in [1.54, 1.807) is 0 Å². The second-order valence-corrected chi connectivity index (χ2v) is 3.19. The summed E-state index contributed by atoms with van der Waals surface area (Å²) in [5.41, 5.74) is -1.16. The van der Waals surface area contributed by atoms with Crippen molar-refractivity contribution in [2.24, 2.45) is 0 Å². The number of aromatic nitrogens is 1. The zero-order valence-corrected chi connectivity index (χ0v) is 8.17. The Labute approximate surface area is 91.7 Å². The van der Waals surface area contributed by atoms with Crippen LogP contribution in [0.3, 0.4) is 0 Å². The summed E-state index contributed by atoms with van der Waals surface area (Å²) in [5.74, 6) is 0. The van der Waals surface area contributed by atoms with Gasteiger partial charge in [-0.05, 0) is 0 Å². The highest BCUT2D eigenvalue weighted by Gasteiger charge is 2.24. The number of nitrogens with zero attached hydrogens (tertiary/aromatic N) is 3. The highest BCUT2D eigenvalue weighted by molar-refractivity contribution is 6.34. The van der Waals surface area contributed by atoms with E-state index in [-0.39, 0.29) is 16.1 Å². The van der Waals surface area contributed by atoms with Crippen LogP contribution in [0.1, 0.15) is 0 Å². The minimum atomic E-state index is -0.795. The number of benzene rings is 1. The molecule has 0 aliphatic carbocycles. The van der Waals surface area contributed by atoms with Crippen LogP contribution >= 0.6 is 11.6 Å². The molecule has 82 valence electrons. The molecular weight excluding hydrogens is 242 g/mol. The Bertz CT molecular complexity index is 607. The number of halogens is 1. The van der Waals surface area contributed by atoms with E-state index < -0.39 is 21.2 Å². The van der Waals surface area contributed by atoms with Crippen LogP contribution in [0.5, 0.6) is 0 Å². The van der Waals surface area contributed by atoms with Gasteiger partial charge in [0.2, 0.25) is 5.58 Å². The summed E-state index contributed by atoms with van der Waals surface area (Å²) in [6.07, 6.45) is 0. The topological polar surface area (TPSA) is 112 Å². The molecule has 1 aromatic carbocycles. The SMILES string of the molecule is O=[N+]([O-])c1cc([N+](=O)[O-])c2onc(Cl)c2c1. The normalized spacial score (nSPS) is 10.6. The quantitative estimate of drug-likeness (QED) is 0.591. The van der Waals surface area contributed by atoms with Gasteiger partial charge >= 0.3 is 5.69 Å². The van der Waals surface area contributed by atoms with Gasteiger partial charge in [0.25, 0.3) is 5.69 Å². The van der Waals surface area contributed by atoms with Crippen LogP contribution < -0.4 is 0 Å². The third-order valence-electron chi connectivity index (χ3n) is 1.90. The highest BCUT2D eigenvalue weighted by Crippen LogP contribution is 2.34. The Kier molecular flexibility index (Phi) is 2.20. The molecule has 0 spiro atoms. The van der Waals surface area contributed by atoms with Gasteiger partial charge in [-0.3, -0.25) is 20.2 Å². The Morgan fingerprint density at radius 3 is 2.50 bits per heavy atom. The molecule has 0 N–H and O–H groups in total. The molecule has 0 radical (unpaired) electrons. The Morgan fingerprint density at radius 1 is 1.25 bits per heavy atom. The minimum absolute atomic E-state index is 0.0440. The third kappa shape index (κ3) is 1.44. The van der Waals surface area contributed by atoms with Crippen LogP contribution in [0.4, 0.5) is 11.4 Å². The molecule has 0 saturated carbocycles. The van der Waals surface area contributed by atoms with E-state index in [1.165, 1.54) is 0 Å².